The second kappa shape index (κ2) is 6.94. The van der Waals surface area contributed by atoms with E-state index < -0.39 is 17.2 Å². The highest BCUT2D eigenvalue weighted by Gasteiger charge is 2.33. The van der Waals surface area contributed by atoms with Crippen LogP contribution < -0.4 is 11.1 Å². The molecule has 1 aliphatic rings. The summed E-state index contributed by atoms with van der Waals surface area (Å²) >= 11 is 0. The lowest BCUT2D eigenvalue weighted by Gasteiger charge is -2.33. The number of nitrogens with one attached hydrogen (secondary N) is 1. The molecule has 2 rings (SSSR count). The van der Waals surface area contributed by atoms with Crippen molar-refractivity contribution in [2.45, 2.75) is 39.7 Å². The quantitative estimate of drug-likeness (QED) is 0.779. The Kier molecular flexibility index (Phi) is 5.16. The number of nitrogens with two attached hydrogens (primary N) is 1. The summed E-state index contributed by atoms with van der Waals surface area (Å²) in [5, 5.41) is 3.21. The van der Waals surface area contributed by atoms with Gasteiger partial charge in [0.1, 0.15) is 17.8 Å². The second-order valence-electron chi connectivity index (χ2n) is 6.94. The number of carbonyl (C=O) groups excluding carboxylic acids is 3. The molecule has 0 unspecified atom stereocenters. The van der Waals surface area contributed by atoms with E-state index in [4.69, 9.17) is 5.73 Å². The van der Waals surface area contributed by atoms with Gasteiger partial charge in [0.25, 0.3) is 11.8 Å². The van der Waals surface area contributed by atoms with Crippen molar-refractivity contribution in [3.05, 3.63) is 18.1 Å². The number of primary amides is 1. The number of piperidine rings is 1. The number of nitrogens with zero attached hydrogens (tertiary/aromatic N) is 3. The molecule has 1 aliphatic heterocycles. The fraction of sp³-hybridized carbons (Fsp3) is 0.562. The number of hydrogen-bond donors (Lipinski definition) is 2. The molecule has 130 valence electrons. The highest BCUT2D eigenvalue weighted by Crippen LogP contribution is 2.20. The molecule has 3 N–H and O–H groups in total. The van der Waals surface area contributed by atoms with Crippen LogP contribution in [0.4, 0.5) is 5.82 Å². The summed E-state index contributed by atoms with van der Waals surface area (Å²) in [5.74, 6) is -0.870. The maximum Gasteiger partial charge on any atom is 0.290 e. The molecule has 8 heteroatoms. The van der Waals surface area contributed by atoms with Crippen molar-refractivity contribution in [1.82, 2.24) is 14.9 Å². The van der Waals surface area contributed by atoms with E-state index in [0.29, 0.717) is 31.7 Å². The SMILES string of the molecule is CC(C)(C)C(=O)C(=O)N1CCC(Nc2cc(C(N)=O)ncn2)CC1. The minimum absolute atomic E-state index is 0.106. The van der Waals surface area contributed by atoms with E-state index >= 15 is 0 Å². The zero-order valence-electron chi connectivity index (χ0n) is 14.2. The van der Waals surface area contributed by atoms with E-state index in [1.165, 1.54) is 12.4 Å². The largest absolute Gasteiger partial charge is 0.367 e. The first-order valence-corrected chi connectivity index (χ1v) is 7.90. The van der Waals surface area contributed by atoms with Gasteiger partial charge in [0.15, 0.2) is 0 Å². The van der Waals surface area contributed by atoms with Gasteiger partial charge in [-0.15, -0.1) is 0 Å². The van der Waals surface area contributed by atoms with Crippen molar-refractivity contribution in [2.75, 3.05) is 18.4 Å². The van der Waals surface area contributed by atoms with Crippen molar-refractivity contribution < 1.29 is 14.4 Å². The predicted octanol–water partition coefficient (Wildman–Crippen LogP) is 0.594. The van der Waals surface area contributed by atoms with Gasteiger partial charge in [0.2, 0.25) is 5.78 Å². The molecule has 0 aliphatic carbocycles. The molecule has 2 heterocycles. The van der Waals surface area contributed by atoms with Gasteiger partial charge in [0, 0.05) is 30.6 Å². The summed E-state index contributed by atoms with van der Waals surface area (Å²) < 4.78 is 0. The third-order valence-corrected chi connectivity index (χ3v) is 3.93. The van der Waals surface area contributed by atoms with Crippen LogP contribution in [0.15, 0.2) is 12.4 Å². The van der Waals surface area contributed by atoms with Crippen molar-refractivity contribution in [3.63, 3.8) is 0 Å². The Hall–Kier alpha value is -2.51. The van der Waals surface area contributed by atoms with Crippen LogP contribution in [0, 0.1) is 5.41 Å². The zero-order chi connectivity index (χ0) is 17.9. The first-order valence-electron chi connectivity index (χ1n) is 7.90. The summed E-state index contributed by atoms with van der Waals surface area (Å²) in [6.45, 7) is 6.24. The molecule has 24 heavy (non-hydrogen) atoms. The molecule has 0 atom stereocenters. The van der Waals surface area contributed by atoms with E-state index in [-0.39, 0.29) is 17.5 Å². The molecule has 1 fully saturated rings. The van der Waals surface area contributed by atoms with Crippen molar-refractivity contribution in [3.8, 4) is 0 Å². The van der Waals surface area contributed by atoms with Crippen LogP contribution in [0.2, 0.25) is 0 Å². The Labute approximate surface area is 140 Å². The van der Waals surface area contributed by atoms with Crippen LogP contribution in [0.5, 0.6) is 0 Å². The maximum atomic E-state index is 12.2. The molecule has 0 radical (unpaired) electrons. The molecule has 8 nitrogen and oxygen atoms in total. The molecule has 0 saturated carbocycles. The van der Waals surface area contributed by atoms with Gasteiger partial charge in [-0.2, -0.15) is 0 Å². The van der Waals surface area contributed by atoms with Gasteiger partial charge < -0.3 is 16.0 Å². The Morgan fingerprint density at radius 1 is 1.21 bits per heavy atom. The van der Waals surface area contributed by atoms with E-state index in [1.54, 1.807) is 25.7 Å². The van der Waals surface area contributed by atoms with Gasteiger partial charge in [-0.05, 0) is 12.8 Å². The van der Waals surface area contributed by atoms with Crippen LogP contribution in [0.25, 0.3) is 0 Å². The number of amides is 2. The molecule has 1 saturated heterocycles. The number of likely N-dealkylation sites (tertiary alicyclic amines) is 1. The first-order chi connectivity index (χ1) is 11.2. The number of Topliss-reactive ketones (excluding diaryl/α,β-unsaturated/α-hetero) is 1. The van der Waals surface area contributed by atoms with Crippen LogP contribution in [0.3, 0.4) is 0 Å². The second-order valence-corrected chi connectivity index (χ2v) is 6.94. The predicted molar refractivity (Wildman–Crippen MR) is 88.2 cm³/mol. The minimum atomic E-state index is -0.668. The van der Waals surface area contributed by atoms with E-state index in [2.05, 4.69) is 15.3 Å². The maximum absolute atomic E-state index is 12.2. The average Bonchev–Trinajstić information content (AvgIpc) is 2.53. The topological polar surface area (TPSA) is 118 Å². The van der Waals surface area contributed by atoms with E-state index in [1.807, 2.05) is 0 Å². The van der Waals surface area contributed by atoms with Crippen LogP contribution in [-0.2, 0) is 9.59 Å². The molecule has 1 aromatic heterocycles. The number of anilines is 1. The van der Waals surface area contributed by atoms with Gasteiger partial charge in [-0.3, -0.25) is 14.4 Å². The standard InChI is InChI=1S/C16H23N5O3/c1-16(2,3)13(22)15(24)21-6-4-10(5-7-21)20-12-8-11(14(17)23)18-9-19-12/h8-10H,4-7H2,1-3H3,(H2,17,23)(H,18,19,20). The molecular weight excluding hydrogens is 310 g/mol. The fourth-order valence-electron chi connectivity index (χ4n) is 2.47. The zero-order valence-corrected chi connectivity index (χ0v) is 14.2. The number of hydrogen-bond acceptors (Lipinski definition) is 6. The van der Waals surface area contributed by atoms with Crippen LogP contribution >= 0.6 is 0 Å². The lowest BCUT2D eigenvalue weighted by Crippen LogP contribution is -2.47. The van der Waals surface area contributed by atoms with Crippen molar-refractivity contribution in [1.29, 1.82) is 0 Å². The molecular formula is C16H23N5O3. The Morgan fingerprint density at radius 3 is 2.38 bits per heavy atom. The van der Waals surface area contributed by atoms with Gasteiger partial charge in [-0.1, -0.05) is 20.8 Å². The summed E-state index contributed by atoms with van der Waals surface area (Å²) in [7, 11) is 0. The number of ketones is 1. The number of carbonyl (C=O) groups is 3. The Balaban J connectivity index is 1.91. The minimum Gasteiger partial charge on any atom is -0.367 e. The smallest absolute Gasteiger partial charge is 0.290 e. The normalized spacial score (nSPS) is 15.9. The molecule has 0 bridgehead atoms. The lowest BCUT2D eigenvalue weighted by molar-refractivity contribution is -0.149. The third-order valence-electron chi connectivity index (χ3n) is 3.93. The van der Waals surface area contributed by atoms with Gasteiger partial charge in [0.05, 0.1) is 0 Å². The Bertz CT molecular complexity index is 645. The van der Waals surface area contributed by atoms with E-state index in [0.717, 1.165) is 0 Å². The van der Waals surface area contributed by atoms with Gasteiger partial charge >= 0.3 is 0 Å². The third kappa shape index (κ3) is 4.27. The highest BCUT2D eigenvalue weighted by molar-refractivity contribution is 6.37. The summed E-state index contributed by atoms with van der Waals surface area (Å²) in [5.41, 5.74) is 4.68. The summed E-state index contributed by atoms with van der Waals surface area (Å²) in [4.78, 5) is 44.9. The monoisotopic (exact) mass is 333 g/mol. The van der Waals surface area contributed by atoms with Crippen LogP contribution in [0.1, 0.15) is 44.1 Å². The Morgan fingerprint density at radius 2 is 1.83 bits per heavy atom. The summed E-state index contributed by atoms with van der Waals surface area (Å²) in [6, 6.07) is 1.61. The summed E-state index contributed by atoms with van der Waals surface area (Å²) in [6.07, 6.45) is 2.67. The van der Waals surface area contributed by atoms with Gasteiger partial charge in [-0.25, -0.2) is 9.97 Å². The molecule has 1 aromatic rings. The van der Waals surface area contributed by atoms with Crippen molar-refractivity contribution in [2.24, 2.45) is 11.1 Å². The van der Waals surface area contributed by atoms with Crippen molar-refractivity contribution >= 4 is 23.4 Å². The number of aromatic nitrogens is 2. The number of rotatable bonds is 4. The molecule has 0 aromatic carbocycles. The highest BCUT2D eigenvalue weighted by atomic mass is 16.2. The average molecular weight is 333 g/mol. The van der Waals surface area contributed by atoms with E-state index in [9.17, 15) is 14.4 Å². The molecule has 0 spiro atoms. The lowest BCUT2D eigenvalue weighted by atomic mass is 9.89. The molecule has 2 amide bonds. The van der Waals surface area contributed by atoms with Crippen LogP contribution in [-0.4, -0.2) is 51.6 Å². The first kappa shape index (κ1) is 17.8. The fourth-order valence-corrected chi connectivity index (χ4v) is 2.47.